The fourth-order valence-corrected chi connectivity index (χ4v) is 4.58. The van der Waals surface area contributed by atoms with E-state index in [4.69, 9.17) is 14.2 Å². The molecule has 0 aliphatic rings. The van der Waals surface area contributed by atoms with Crippen LogP contribution in [0.5, 0.6) is 0 Å². The lowest BCUT2D eigenvalue weighted by Crippen LogP contribution is -2.36. The zero-order valence-corrected chi connectivity index (χ0v) is 22.4. The molecule has 0 spiro atoms. The Bertz CT molecular complexity index is 1180. The summed E-state index contributed by atoms with van der Waals surface area (Å²) in [5.41, 5.74) is 3.25. The van der Waals surface area contributed by atoms with Gasteiger partial charge < -0.3 is 14.2 Å². The Hall–Kier alpha value is -3.99. The van der Waals surface area contributed by atoms with Gasteiger partial charge in [-0.2, -0.15) is 0 Å². The van der Waals surface area contributed by atoms with Crippen molar-refractivity contribution in [2.24, 2.45) is 0 Å². The van der Waals surface area contributed by atoms with Gasteiger partial charge in [0.1, 0.15) is 11.7 Å². The lowest BCUT2D eigenvalue weighted by molar-refractivity contribution is -0.147. The molecule has 4 aromatic carbocycles. The van der Waals surface area contributed by atoms with E-state index in [0.717, 1.165) is 22.3 Å². The number of carbonyl (C=O) groups excluding carboxylic acids is 1. The lowest BCUT2D eigenvalue weighted by Gasteiger charge is -2.37. The Kier molecular flexibility index (Phi) is 10.2. The summed E-state index contributed by atoms with van der Waals surface area (Å²) in [7, 11) is 0. The van der Waals surface area contributed by atoms with Gasteiger partial charge in [-0.1, -0.05) is 134 Å². The van der Waals surface area contributed by atoms with Crippen LogP contribution in [0.1, 0.15) is 42.0 Å². The summed E-state index contributed by atoms with van der Waals surface area (Å²) in [5, 5.41) is 0. The Labute approximate surface area is 231 Å². The molecule has 4 nitrogen and oxygen atoms in total. The van der Waals surface area contributed by atoms with E-state index >= 15 is 0 Å². The first kappa shape index (κ1) is 28.0. The predicted molar refractivity (Wildman–Crippen MR) is 155 cm³/mol. The Morgan fingerprint density at radius 2 is 1.23 bits per heavy atom. The van der Waals surface area contributed by atoms with E-state index in [0.29, 0.717) is 13.0 Å². The highest BCUT2D eigenvalue weighted by atomic mass is 16.5. The molecule has 4 rings (SSSR count). The van der Waals surface area contributed by atoms with E-state index < -0.39 is 5.60 Å². The van der Waals surface area contributed by atoms with Crippen molar-refractivity contribution in [3.63, 3.8) is 0 Å². The fourth-order valence-electron chi connectivity index (χ4n) is 4.58. The topological polar surface area (TPSA) is 44.8 Å². The standard InChI is InChI=1S/C35H36O4/c1-3-28(2)39-34(36)25-24-33(37-26-29-16-8-4-9-17-29)27-38-35(30-18-10-5-11-19-30,31-20-12-6-13-21-31)32-22-14-7-15-23-32/h3-23,28,33H,1,24-27H2,2H3/t28?,33-/m0/s1. The molecule has 0 saturated carbocycles. The van der Waals surface area contributed by atoms with E-state index in [9.17, 15) is 4.79 Å². The predicted octanol–water partition coefficient (Wildman–Crippen LogP) is 7.48. The first-order valence-electron chi connectivity index (χ1n) is 13.4. The molecule has 200 valence electrons. The minimum absolute atomic E-state index is 0.218. The summed E-state index contributed by atoms with van der Waals surface area (Å²) < 4.78 is 18.8. The fraction of sp³-hybridized carbons (Fsp3) is 0.229. The summed E-state index contributed by atoms with van der Waals surface area (Å²) in [6, 6.07) is 40.7. The SMILES string of the molecule is C=CC(C)OC(=O)CC[C@@H](COC(c1ccccc1)(c1ccccc1)c1ccccc1)OCc1ccccc1. The normalized spacial score (nSPS) is 12.8. The molecule has 0 amide bonds. The molecule has 1 unspecified atom stereocenters. The first-order chi connectivity index (χ1) is 19.1. The van der Waals surface area contributed by atoms with Crippen molar-refractivity contribution in [2.45, 2.75) is 44.2 Å². The van der Waals surface area contributed by atoms with E-state index in [1.54, 1.807) is 13.0 Å². The molecule has 0 N–H and O–H groups in total. The summed E-state index contributed by atoms with van der Waals surface area (Å²) in [6.45, 7) is 6.18. The van der Waals surface area contributed by atoms with Crippen LogP contribution in [0.25, 0.3) is 0 Å². The minimum Gasteiger partial charge on any atom is -0.458 e. The second-order valence-corrected chi connectivity index (χ2v) is 9.48. The maximum absolute atomic E-state index is 12.5. The minimum atomic E-state index is -0.865. The second kappa shape index (κ2) is 14.2. The molecule has 0 aliphatic carbocycles. The van der Waals surface area contributed by atoms with E-state index in [1.807, 2.05) is 84.9 Å². The van der Waals surface area contributed by atoms with E-state index in [2.05, 4.69) is 43.0 Å². The zero-order chi connectivity index (χ0) is 27.3. The van der Waals surface area contributed by atoms with Crippen molar-refractivity contribution in [1.29, 1.82) is 0 Å². The maximum Gasteiger partial charge on any atom is 0.306 e. The largest absolute Gasteiger partial charge is 0.458 e. The Balaban J connectivity index is 1.64. The summed E-state index contributed by atoms with van der Waals surface area (Å²) >= 11 is 0. The van der Waals surface area contributed by atoms with Crippen LogP contribution < -0.4 is 0 Å². The zero-order valence-electron chi connectivity index (χ0n) is 22.4. The quantitative estimate of drug-likeness (QED) is 0.0982. The summed E-state index contributed by atoms with van der Waals surface area (Å²) in [5.74, 6) is -0.281. The number of ether oxygens (including phenoxy) is 3. The number of hydrogen-bond donors (Lipinski definition) is 0. The monoisotopic (exact) mass is 520 g/mol. The third-order valence-electron chi connectivity index (χ3n) is 6.67. The van der Waals surface area contributed by atoms with Crippen molar-refractivity contribution < 1.29 is 19.0 Å². The molecular formula is C35H36O4. The summed E-state index contributed by atoms with van der Waals surface area (Å²) in [6.07, 6.45) is 1.62. The number of carbonyl (C=O) groups is 1. The number of benzene rings is 4. The molecule has 0 saturated heterocycles. The molecule has 0 aliphatic heterocycles. The van der Waals surface area contributed by atoms with Crippen LogP contribution in [0.3, 0.4) is 0 Å². The number of hydrogen-bond acceptors (Lipinski definition) is 4. The van der Waals surface area contributed by atoms with Gasteiger partial charge in [-0.15, -0.1) is 0 Å². The van der Waals surface area contributed by atoms with Crippen LogP contribution in [0.15, 0.2) is 134 Å². The van der Waals surface area contributed by atoms with Gasteiger partial charge in [0, 0.05) is 6.42 Å². The van der Waals surface area contributed by atoms with Gasteiger partial charge >= 0.3 is 5.97 Å². The van der Waals surface area contributed by atoms with Gasteiger partial charge in [0.25, 0.3) is 0 Å². The Morgan fingerprint density at radius 1 is 0.769 bits per heavy atom. The third-order valence-corrected chi connectivity index (χ3v) is 6.67. The van der Waals surface area contributed by atoms with Gasteiger partial charge in [0.15, 0.2) is 0 Å². The molecule has 2 atom stereocenters. The van der Waals surface area contributed by atoms with Crippen LogP contribution in [-0.4, -0.2) is 24.8 Å². The first-order valence-corrected chi connectivity index (χ1v) is 13.4. The van der Waals surface area contributed by atoms with Gasteiger partial charge in [-0.25, -0.2) is 0 Å². The Morgan fingerprint density at radius 3 is 1.69 bits per heavy atom. The molecule has 0 aromatic heterocycles. The second-order valence-electron chi connectivity index (χ2n) is 9.48. The van der Waals surface area contributed by atoms with Crippen molar-refractivity contribution in [3.8, 4) is 0 Å². The lowest BCUT2D eigenvalue weighted by atomic mass is 9.80. The van der Waals surface area contributed by atoms with E-state index in [-0.39, 0.29) is 31.2 Å². The molecule has 0 heterocycles. The van der Waals surface area contributed by atoms with Gasteiger partial charge in [-0.05, 0) is 35.6 Å². The highest BCUT2D eigenvalue weighted by molar-refractivity contribution is 5.69. The smallest absolute Gasteiger partial charge is 0.306 e. The van der Waals surface area contributed by atoms with Crippen molar-refractivity contribution in [1.82, 2.24) is 0 Å². The summed E-state index contributed by atoms with van der Waals surface area (Å²) in [4.78, 5) is 12.5. The molecule has 0 fully saturated rings. The molecule has 0 bridgehead atoms. The van der Waals surface area contributed by atoms with Crippen LogP contribution >= 0.6 is 0 Å². The van der Waals surface area contributed by atoms with Crippen LogP contribution in [0, 0.1) is 0 Å². The third kappa shape index (κ3) is 7.53. The van der Waals surface area contributed by atoms with E-state index in [1.165, 1.54) is 0 Å². The molecule has 0 radical (unpaired) electrons. The molecule has 4 aromatic rings. The van der Waals surface area contributed by atoms with Crippen LogP contribution in [-0.2, 0) is 31.2 Å². The molecule has 39 heavy (non-hydrogen) atoms. The average molecular weight is 521 g/mol. The van der Waals surface area contributed by atoms with Gasteiger partial charge in [-0.3, -0.25) is 4.79 Å². The number of rotatable bonds is 14. The highest BCUT2D eigenvalue weighted by Gasteiger charge is 2.38. The van der Waals surface area contributed by atoms with Crippen molar-refractivity contribution >= 4 is 5.97 Å². The van der Waals surface area contributed by atoms with Crippen LogP contribution in [0.2, 0.25) is 0 Å². The maximum atomic E-state index is 12.5. The van der Waals surface area contributed by atoms with Gasteiger partial charge in [0.05, 0.1) is 19.3 Å². The van der Waals surface area contributed by atoms with Gasteiger partial charge in [0.2, 0.25) is 0 Å². The highest BCUT2D eigenvalue weighted by Crippen LogP contribution is 2.40. The molecule has 4 heteroatoms. The number of esters is 1. The molecular weight excluding hydrogens is 484 g/mol. The van der Waals surface area contributed by atoms with Crippen LogP contribution in [0.4, 0.5) is 0 Å². The van der Waals surface area contributed by atoms with Crippen molar-refractivity contribution in [3.05, 3.63) is 156 Å². The van der Waals surface area contributed by atoms with Crippen molar-refractivity contribution in [2.75, 3.05) is 6.61 Å². The average Bonchev–Trinajstić information content (AvgIpc) is 3.00.